The van der Waals surface area contributed by atoms with Gasteiger partial charge in [0.2, 0.25) is 6.33 Å². The van der Waals surface area contributed by atoms with Crippen LogP contribution in [0.25, 0.3) is 0 Å². The first kappa shape index (κ1) is 10.0. The lowest BCUT2D eigenvalue weighted by Gasteiger charge is -2.11. The molecule has 17 heavy (non-hydrogen) atoms. The molecule has 5 heteroatoms. The number of nitro groups is 1. The van der Waals surface area contributed by atoms with Crippen LogP contribution < -0.4 is 0 Å². The maximum atomic E-state index is 10.6. The molecule has 1 aromatic heterocycles. The van der Waals surface area contributed by atoms with Crippen molar-refractivity contribution in [3.8, 4) is 0 Å². The fraction of sp³-hybridized carbons (Fsp3) is 0.250. The van der Waals surface area contributed by atoms with Crippen molar-refractivity contribution < 1.29 is 4.92 Å². The van der Waals surface area contributed by atoms with Gasteiger partial charge in [0.15, 0.2) is 0 Å². The van der Waals surface area contributed by atoms with Crippen LogP contribution in [0.5, 0.6) is 0 Å². The first-order valence-corrected chi connectivity index (χ1v) is 5.51. The van der Waals surface area contributed by atoms with Gasteiger partial charge in [-0.05, 0) is 33.9 Å². The minimum Gasteiger partial charge on any atom is -0.358 e. The lowest BCUT2D eigenvalue weighted by Crippen LogP contribution is -2.04. The van der Waals surface area contributed by atoms with Crippen molar-refractivity contribution in [2.45, 2.75) is 18.9 Å². The van der Waals surface area contributed by atoms with E-state index in [9.17, 15) is 10.1 Å². The number of hydrogen-bond acceptors (Lipinski definition) is 3. The second kappa shape index (κ2) is 3.69. The Morgan fingerprint density at radius 1 is 1.41 bits per heavy atom. The highest BCUT2D eigenvalue weighted by atomic mass is 16.6. The maximum Gasteiger partial charge on any atom is 0.381 e. The first-order chi connectivity index (χ1) is 8.25. The molecule has 0 fully saturated rings. The smallest absolute Gasteiger partial charge is 0.358 e. The van der Waals surface area contributed by atoms with Gasteiger partial charge in [-0.25, -0.2) is 0 Å². The Kier molecular flexibility index (Phi) is 2.18. The molecule has 0 saturated carbocycles. The Morgan fingerprint density at radius 2 is 2.24 bits per heavy atom. The van der Waals surface area contributed by atoms with E-state index in [-0.39, 0.29) is 11.9 Å². The zero-order valence-corrected chi connectivity index (χ0v) is 9.11. The molecular weight excluding hydrogens is 218 g/mol. The van der Waals surface area contributed by atoms with Crippen molar-refractivity contribution in [3.63, 3.8) is 0 Å². The Labute approximate surface area is 97.9 Å². The highest BCUT2D eigenvalue weighted by Gasteiger charge is 2.25. The predicted molar refractivity (Wildman–Crippen MR) is 61.8 cm³/mol. The summed E-state index contributed by atoms with van der Waals surface area (Å²) in [4.78, 5) is 13.9. The van der Waals surface area contributed by atoms with Crippen LogP contribution in [-0.4, -0.2) is 14.5 Å². The zero-order valence-electron chi connectivity index (χ0n) is 9.11. The van der Waals surface area contributed by atoms with Crippen LogP contribution in [0.1, 0.15) is 23.6 Å². The first-order valence-electron chi connectivity index (χ1n) is 5.51. The maximum absolute atomic E-state index is 10.6. The highest BCUT2D eigenvalue weighted by molar-refractivity contribution is 5.35. The summed E-state index contributed by atoms with van der Waals surface area (Å²) in [6.45, 7) is 0. The fourth-order valence-corrected chi connectivity index (χ4v) is 2.43. The van der Waals surface area contributed by atoms with E-state index in [0.29, 0.717) is 0 Å². The van der Waals surface area contributed by atoms with Gasteiger partial charge in [0.05, 0.1) is 6.04 Å². The van der Waals surface area contributed by atoms with E-state index in [1.165, 1.54) is 17.3 Å². The molecule has 0 spiro atoms. The summed E-state index contributed by atoms with van der Waals surface area (Å²) < 4.78 is 1.84. The lowest BCUT2D eigenvalue weighted by molar-refractivity contribution is -0.389. The monoisotopic (exact) mass is 229 g/mol. The van der Waals surface area contributed by atoms with Crippen LogP contribution in [0.2, 0.25) is 0 Å². The molecule has 1 aromatic carbocycles. The quantitative estimate of drug-likeness (QED) is 0.586. The van der Waals surface area contributed by atoms with Gasteiger partial charge < -0.3 is 14.7 Å². The van der Waals surface area contributed by atoms with E-state index < -0.39 is 4.92 Å². The summed E-state index contributed by atoms with van der Waals surface area (Å²) in [5.74, 6) is -0.0885. The Bertz CT molecular complexity index is 577. The van der Waals surface area contributed by atoms with Gasteiger partial charge in [0, 0.05) is 0 Å². The van der Waals surface area contributed by atoms with Crippen LogP contribution in [-0.2, 0) is 6.42 Å². The third kappa shape index (κ3) is 1.60. The number of aromatic nitrogens is 2. The predicted octanol–water partition coefficient (Wildman–Crippen LogP) is 2.33. The van der Waals surface area contributed by atoms with E-state index in [1.807, 2.05) is 16.7 Å². The van der Waals surface area contributed by atoms with Crippen molar-refractivity contribution in [2.24, 2.45) is 0 Å². The lowest BCUT2D eigenvalue weighted by atomic mass is 10.1. The Hall–Kier alpha value is -2.17. The molecule has 3 rings (SSSR count). The van der Waals surface area contributed by atoms with E-state index in [4.69, 9.17) is 0 Å². The summed E-state index contributed by atoms with van der Waals surface area (Å²) in [7, 11) is 0. The van der Waals surface area contributed by atoms with Crippen LogP contribution >= 0.6 is 0 Å². The van der Waals surface area contributed by atoms with Crippen molar-refractivity contribution in [2.75, 3.05) is 0 Å². The van der Waals surface area contributed by atoms with Gasteiger partial charge in [-0.2, -0.15) is 0 Å². The molecule has 2 aromatic rings. The average molecular weight is 229 g/mol. The van der Waals surface area contributed by atoms with E-state index in [2.05, 4.69) is 17.1 Å². The molecule has 0 N–H and O–H groups in total. The molecule has 1 atom stereocenters. The summed E-state index contributed by atoms with van der Waals surface area (Å²) in [6, 6.07) is 8.41. The Morgan fingerprint density at radius 3 is 3.00 bits per heavy atom. The number of aryl methyl sites for hydroxylation is 1. The molecule has 0 aliphatic heterocycles. The number of hydrogen-bond donors (Lipinski definition) is 0. The summed E-state index contributed by atoms with van der Waals surface area (Å²) in [5.41, 5.74) is 2.58. The summed E-state index contributed by atoms with van der Waals surface area (Å²) >= 11 is 0. The Balaban J connectivity index is 1.98. The molecule has 1 unspecified atom stereocenters. The number of fused-ring (bicyclic) bond motifs is 1. The molecule has 1 aliphatic carbocycles. The number of imidazole rings is 1. The van der Waals surface area contributed by atoms with E-state index >= 15 is 0 Å². The minimum atomic E-state index is -0.461. The number of benzene rings is 1. The van der Waals surface area contributed by atoms with Crippen LogP contribution in [0.15, 0.2) is 36.8 Å². The minimum absolute atomic E-state index is 0.0885. The molecular formula is C12H11N3O2. The molecule has 0 bridgehead atoms. The molecule has 0 amide bonds. The molecule has 5 nitrogen and oxygen atoms in total. The second-order valence-corrected chi connectivity index (χ2v) is 4.19. The second-order valence-electron chi connectivity index (χ2n) is 4.19. The van der Waals surface area contributed by atoms with Crippen LogP contribution in [0.3, 0.4) is 0 Å². The van der Waals surface area contributed by atoms with Crippen molar-refractivity contribution in [1.29, 1.82) is 0 Å². The van der Waals surface area contributed by atoms with Gasteiger partial charge in [-0.3, -0.25) is 0 Å². The molecule has 86 valence electrons. The van der Waals surface area contributed by atoms with Gasteiger partial charge in [0.25, 0.3) is 0 Å². The topological polar surface area (TPSA) is 61.0 Å². The van der Waals surface area contributed by atoms with Crippen molar-refractivity contribution in [1.82, 2.24) is 9.55 Å². The SMILES string of the molecule is O=[N+]([O-])c1cn(C2CCc3ccccc32)cn1. The van der Waals surface area contributed by atoms with Crippen LogP contribution in [0.4, 0.5) is 5.82 Å². The summed E-state index contributed by atoms with van der Waals surface area (Å²) in [6.07, 6.45) is 5.05. The fourth-order valence-electron chi connectivity index (χ4n) is 2.43. The van der Waals surface area contributed by atoms with Gasteiger partial charge in [-0.15, -0.1) is 0 Å². The third-order valence-electron chi connectivity index (χ3n) is 3.24. The number of nitrogens with zero attached hydrogens (tertiary/aromatic N) is 3. The molecule has 0 radical (unpaired) electrons. The van der Waals surface area contributed by atoms with Gasteiger partial charge >= 0.3 is 5.82 Å². The normalized spacial score (nSPS) is 18.0. The van der Waals surface area contributed by atoms with Gasteiger partial charge in [0.1, 0.15) is 6.20 Å². The van der Waals surface area contributed by atoms with E-state index in [0.717, 1.165) is 12.8 Å². The van der Waals surface area contributed by atoms with Crippen molar-refractivity contribution >= 4 is 5.82 Å². The number of rotatable bonds is 2. The molecule has 1 heterocycles. The zero-order chi connectivity index (χ0) is 11.8. The summed E-state index contributed by atoms with van der Waals surface area (Å²) in [5, 5.41) is 10.6. The van der Waals surface area contributed by atoms with Crippen LogP contribution in [0, 0.1) is 10.1 Å². The largest absolute Gasteiger partial charge is 0.381 e. The highest BCUT2D eigenvalue weighted by Crippen LogP contribution is 2.34. The standard InChI is InChI=1S/C12H11N3O2/c16-15(17)12-7-14(8-13-12)11-6-5-9-3-1-2-4-10(9)11/h1-4,7-8,11H,5-6H2. The van der Waals surface area contributed by atoms with Gasteiger partial charge in [-0.1, -0.05) is 24.3 Å². The van der Waals surface area contributed by atoms with E-state index in [1.54, 1.807) is 6.33 Å². The van der Waals surface area contributed by atoms with Crippen molar-refractivity contribution in [3.05, 3.63) is 58.0 Å². The average Bonchev–Trinajstić information content (AvgIpc) is 2.95. The molecule has 1 aliphatic rings. The molecule has 0 saturated heterocycles. The third-order valence-corrected chi connectivity index (χ3v) is 3.24.